The van der Waals surface area contributed by atoms with Crippen LogP contribution in [0.15, 0.2) is 60.7 Å². The molecule has 122 valence electrons. The molecule has 5 heteroatoms. The number of carbonyl (C=O) groups excluding carboxylic acids is 1. The summed E-state index contributed by atoms with van der Waals surface area (Å²) in [5.41, 5.74) is 3.07. The van der Waals surface area contributed by atoms with Crippen LogP contribution in [0.25, 0.3) is 11.3 Å². The summed E-state index contributed by atoms with van der Waals surface area (Å²) < 4.78 is 14.5. The summed E-state index contributed by atoms with van der Waals surface area (Å²) in [5, 5.41) is 7.23. The summed E-state index contributed by atoms with van der Waals surface area (Å²) in [6.07, 6.45) is 0.773. The van der Waals surface area contributed by atoms with Gasteiger partial charge in [0.15, 0.2) is 0 Å². The zero-order chi connectivity index (χ0) is 16.9. The van der Waals surface area contributed by atoms with Gasteiger partial charge < -0.3 is 5.32 Å². The molecule has 1 aromatic heterocycles. The molecule has 1 N–H and O–H groups in total. The lowest BCUT2D eigenvalue weighted by atomic mass is 10.1. The minimum atomic E-state index is -0.298. The quantitative estimate of drug-likeness (QED) is 0.784. The Balaban J connectivity index is 1.66. The third-order valence-electron chi connectivity index (χ3n) is 3.79. The van der Waals surface area contributed by atoms with Crippen LogP contribution in [0, 0.1) is 5.82 Å². The highest BCUT2D eigenvalue weighted by Gasteiger charge is 2.14. The molecule has 0 saturated carbocycles. The van der Waals surface area contributed by atoms with Crippen molar-refractivity contribution in [3.8, 4) is 11.3 Å². The summed E-state index contributed by atoms with van der Waals surface area (Å²) in [4.78, 5) is 12.3. The molecule has 0 bridgehead atoms. The van der Waals surface area contributed by atoms with Gasteiger partial charge in [0, 0.05) is 19.2 Å². The molecule has 0 aliphatic carbocycles. The number of amides is 1. The Hall–Kier alpha value is -2.95. The minimum absolute atomic E-state index is 0.172. The van der Waals surface area contributed by atoms with Crippen molar-refractivity contribution >= 4 is 5.91 Å². The highest BCUT2D eigenvalue weighted by atomic mass is 19.1. The first-order valence-corrected chi connectivity index (χ1v) is 7.75. The zero-order valence-corrected chi connectivity index (χ0v) is 13.4. The van der Waals surface area contributed by atoms with Crippen LogP contribution in [0.1, 0.15) is 16.1 Å². The summed E-state index contributed by atoms with van der Waals surface area (Å²) in [6, 6.07) is 17.8. The molecule has 2 aromatic carbocycles. The SMILES string of the molecule is Cn1nc(-c2ccc(F)cc2)cc1C(=O)NCCc1ccccc1. The molecule has 4 nitrogen and oxygen atoms in total. The first-order chi connectivity index (χ1) is 11.6. The number of halogens is 1. The van der Waals surface area contributed by atoms with Crippen LogP contribution in [0.3, 0.4) is 0 Å². The maximum atomic E-state index is 13.0. The molecule has 1 heterocycles. The van der Waals surface area contributed by atoms with E-state index in [9.17, 15) is 9.18 Å². The Labute approximate surface area is 139 Å². The van der Waals surface area contributed by atoms with E-state index in [1.807, 2.05) is 30.3 Å². The van der Waals surface area contributed by atoms with Crippen molar-refractivity contribution < 1.29 is 9.18 Å². The molecule has 0 atom stereocenters. The second-order valence-corrected chi connectivity index (χ2v) is 5.54. The average molecular weight is 323 g/mol. The Morgan fingerprint density at radius 1 is 1.12 bits per heavy atom. The summed E-state index contributed by atoms with van der Waals surface area (Å²) >= 11 is 0. The maximum Gasteiger partial charge on any atom is 0.269 e. The van der Waals surface area contributed by atoms with E-state index in [0.29, 0.717) is 17.9 Å². The molecule has 0 unspecified atom stereocenters. The molecule has 24 heavy (non-hydrogen) atoms. The molecular weight excluding hydrogens is 305 g/mol. The van der Waals surface area contributed by atoms with Gasteiger partial charge in [-0.25, -0.2) is 4.39 Å². The first-order valence-electron chi connectivity index (χ1n) is 7.75. The molecule has 3 rings (SSSR count). The third kappa shape index (κ3) is 3.68. The van der Waals surface area contributed by atoms with Crippen LogP contribution in [-0.4, -0.2) is 22.2 Å². The zero-order valence-electron chi connectivity index (χ0n) is 13.4. The number of nitrogens with zero attached hydrogens (tertiary/aromatic N) is 2. The fraction of sp³-hybridized carbons (Fsp3) is 0.158. The van der Waals surface area contributed by atoms with Gasteiger partial charge in [-0.1, -0.05) is 30.3 Å². The van der Waals surface area contributed by atoms with Crippen molar-refractivity contribution in [2.45, 2.75) is 6.42 Å². The summed E-state index contributed by atoms with van der Waals surface area (Å²) in [7, 11) is 1.72. The largest absolute Gasteiger partial charge is 0.350 e. The van der Waals surface area contributed by atoms with Crippen LogP contribution in [-0.2, 0) is 13.5 Å². The summed E-state index contributed by atoms with van der Waals surface area (Å²) in [5.74, 6) is -0.470. The lowest BCUT2D eigenvalue weighted by molar-refractivity contribution is 0.0944. The molecule has 0 fully saturated rings. The third-order valence-corrected chi connectivity index (χ3v) is 3.79. The highest BCUT2D eigenvalue weighted by Crippen LogP contribution is 2.19. The lowest BCUT2D eigenvalue weighted by Crippen LogP contribution is -2.27. The minimum Gasteiger partial charge on any atom is -0.350 e. The van der Waals surface area contributed by atoms with Gasteiger partial charge in [-0.3, -0.25) is 9.48 Å². The van der Waals surface area contributed by atoms with Gasteiger partial charge in [-0.05, 0) is 42.3 Å². The Bertz CT molecular complexity index is 826. The molecule has 0 aliphatic rings. The monoisotopic (exact) mass is 323 g/mol. The molecular formula is C19H18FN3O. The number of aryl methyl sites for hydroxylation is 1. The van der Waals surface area contributed by atoms with E-state index >= 15 is 0 Å². The number of hydrogen-bond donors (Lipinski definition) is 1. The van der Waals surface area contributed by atoms with Gasteiger partial charge in [0.2, 0.25) is 0 Å². The van der Waals surface area contributed by atoms with Crippen molar-refractivity contribution in [3.05, 3.63) is 77.7 Å². The van der Waals surface area contributed by atoms with E-state index in [-0.39, 0.29) is 11.7 Å². The molecule has 0 aliphatic heterocycles. The standard InChI is InChI=1S/C19H18FN3O/c1-23-18(13-17(22-23)15-7-9-16(20)10-8-15)19(24)21-12-11-14-5-3-2-4-6-14/h2-10,13H,11-12H2,1H3,(H,21,24). The molecule has 0 radical (unpaired) electrons. The van der Waals surface area contributed by atoms with Crippen LogP contribution >= 0.6 is 0 Å². The van der Waals surface area contributed by atoms with Crippen molar-refractivity contribution in [3.63, 3.8) is 0 Å². The normalized spacial score (nSPS) is 10.6. The van der Waals surface area contributed by atoms with Crippen LogP contribution in [0.2, 0.25) is 0 Å². The van der Waals surface area contributed by atoms with Gasteiger partial charge in [-0.2, -0.15) is 5.10 Å². The summed E-state index contributed by atoms with van der Waals surface area (Å²) in [6.45, 7) is 0.555. The predicted octanol–water partition coefficient (Wildman–Crippen LogP) is 3.20. The number of carbonyl (C=O) groups is 1. The number of aromatic nitrogens is 2. The Morgan fingerprint density at radius 3 is 2.54 bits per heavy atom. The maximum absolute atomic E-state index is 13.0. The van der Waals surface area contributed by atoms with Crippen LogP contribution in [0.4, 0.5) is 4.39 Å². The van der Waals surface area contributed by atoms with Crippen molar-refractivity contribution in [2.24, 2.45) is 7.05 Å². The van der Waals surface area contributed by atoms with Gasteiger partial charge >= 0.3 is 0 Å². The Morgan fingerprint density at radius 2 is 1.83 bits per heavy atom. The number of nitrogens with one attached hydrogen (secondary N) is 1. The molecule has 3 aromatic rings. The number of benzene rings is 2. The van der Waals surface area contributed by atoms with E-state index < -0.39 is 0 Å². The lowest BCUT2D eigenvalue weighted by Gasteiger charge is -2.05. The van der Waals surface area contributed by atoms with E-state index in [4.69, 9.17) is 0 Å². The van der Waals surface area contributed by atoms with Crippen molar-refractivity contribution in [1.29, 1.82) is 0 Å². The molecule has 1 amide bonds. The first kappa shape index (κ1) is 15.9. The van der Waals surface area contributed by atoms with Gasteiger partial charge in [0.05, 0.1) is 5.69 Å². The molecule has 0 spiro atoms. The van der Waals surface area contributed by atoms with Gasteiger partial charge in [-0.15, -0.1) is 0 Å². The van der Waals surface area contributed by atoms with E-state index in [2.05, 4.69) is 10.4 Å². The van der Waals surface area contributed by atoms with Crippen molar-refractivity contribution in [1.82, 2.24) is 15.1 Å². The second-order valence-electron chi connectivity index (χ2n) is 5.54. The van der Waals surface area contributed by atoms with E-state index in [1.165, 1.54) is 22.4 Å². The Kier molecular flexibility index (Phi) is 4.70. The fourth-order valence-corrected chi connectivity index (χ4v) is 2.50. The van der Waals surface area contributed by atoms with E-state index in [1.54, 1.807) is 25.2 Å². The van der Waals surface area contributed by atoms with Gasteiger partial charge in [0.25, 0.3) is 5.91 Å². The second kappa shape index (κ2) is 7.08. The van der Waals surface area contributed by atoms with E-state index in [0.717, 1.165) is 12.0 Å². The smallest absolute Gasteiger partial charge is 0.269 e. The van der Waals surface area contributed by atoms with Crippen LogP contribution in [0.5, 0.6) is 0 Å². The number of rotatable bonds is 5. The topological polar surface area (TPSA) is 46.9 Å². The van der Waals surface area contributed by atoms with Crippen LogP contribution < -0.4 is 5.32 Å². The predicted molar refractivity (Wildman–Crippen MR) is 91.1 cm³/mol. The average Bonchev–Trinajstić information content (AvgIpc) is 2.98. The van der Waals surface area contributed by atoms with Crippen molar-refractivity contribution in [2.75, 3.05) is 6.54 Å². The number of hydrogen-bond acceptors (Lipinski definition) is 2. The fourth-order valence-electron chi connectivity index (χ4n) is 2.50. The van der Waals surface area contributed by atoms with Gasteiger partial charge in [0.1, 0.15) is 11.5 Å². The highest BCUT2D eigenvalue weighted by molar-refractivity contribution is 5.93. The molecule has 0 saturated heterocycles.